The third kappa shape index (κ3) is 5.86. The molecule has 27 heavy (non-hydrogen) atoms. The Bertz CT molecular complexity index is 910. The molecule has 7 nitrogen and oxygen atoms in total. The van der Waals surface area contributed by atoms with Crippen molar-refractivity contribution in [2.75, 3.05) is 17.2 Å². The number of hydrogen-bond donors (Lipinski definition) is 3. The zero-order chi connectivity index (χ0) is 19.1. The Morgan fingerprint density at radius 3 is 2.56 bits per heavy atom. The van der Waals surface area contributed by atoms with Gasteiger partial charge in [0.05, 0.1) is 13.1 Å². The average Bonchev–Trinajstić information content (AvgIpc) is 3.15. The molecule has 2 aromatic carbocycles. The van der Waals surface area contributed by atoms with Crippen LogP contribution in [0.1, 0.15) is 5.56 Å². The molecule has 0 atom stereocenters. The highest BCUT2D eigenvalue weighted by Gasteiger charge is 2.07. The van der Waals surface area contributed by atoms with Crippen LogP contribution >= 0.6 is 11.6 Å². The van der Waals surface area contributed by atoms with Crippen LogP contribution in [0, 0.1) is 0 Å². The van der Waals surface area contributed by atoms with Crippen LogP contribution in [0.3, 0.4) is 0 Å². The van der Waals surface area contributed by atoms with Gasteiger partial charge >= 0.3 is 6.03 Å². The molecule has 1 aromatic heterocycles. The number of benzene rings is 2. The smallest absolute Gasteiger partial charge is 0.319 e. The lowest BCUT2D eigenvalue weighted by Gasteiger charge is -2.10. The van der Waals surface area contributed by atoms with E-state index in [4.69, 9.17) is 11.6 Å². The van der Waals surface area contributed by atoms with Gasteiger partial charge in [-0.1, -0.05) is 23.7 Å². The number of anilines is 2. The number of rotatable bonds is 6. The fourth-order valence-electron chi connectivity index (χ4n) is 2.40. The summed E-state index contributed by atoms with van der Waals surface area (Å²) in [6.45, 7) is 0.453. The van der Waals surface area contributed by atoms with E-state index in [1.165, 1.54) is 0 Å². The second-order valence-corrected chi connectivity index (χ2v) is 6.20. The number of hydrogen-bond acceptors (Lipinski definition) is 3. The van der Waals surface area contributed by atoms with Crippen molar-refractivity contribution >= 4 is 34.9 Å². The maximum Gasteiger partial charge on any atom is 0.319 e. The van der Waals surface area contributed by atoms with Crippen LogP contribution in [-0.4, -0.2) is 28.3 Å². The van der Waals surface area contributed by atoms with E-state index in [1.54, 1.807) is 41.2 Å². The van der Waals surface area contributed by atoms with Crippen molar-refractivity contribution in [2.45, 2.75) is 6.54 Å². The number of carbonyl (C=O) groups excluding carboxylic acids is 2. The molecule has 8 heteroatoms. The summed E-state index contributed by atoms with van der Waals surface area (Å²) in [7, 11) is 0. The van der Waals surface area contributed by atoms with Crippen LogP contribution < -0.4 is 16.0 Å². The monoisotopic (exact) mass is 383 g/mol. The lowest BCUT2D eigenvalue weighted by atomic mass is 10.2. The molecule has 0 spiro atoms. The number of urea groups is 1. The fourth-order valence-corrected chi connectivity index (χ4v) is 2.53. The number of halogens is 1. The minimum Gasteiger partial charge on any atom is -0.329 e. The maximum atomic E-state index is 12.0. The predicted molar refractivity (Wildman–Crippen MR) is 105 cm³/mol. The maximum absolute atomic E-state index is 12.0. The number of amides is 3. The lowest BCUT2D eigenvalue weighted by molar-refractivity contribution is -0.115. The first-order valence-electron chi connectivity index (χ1n) is 8.25. The van der Waals surface area contributed by atoms with Gasteiger partial charge in [-0.05, 0) is 48.0 Å². The van der Waals surface area contributed by atoms with Crippen LogP contribution in [0.4, 0.5) is 16.2 Å². The Kier molecular flexibility index (Phi) is 6.06. The largest absolute Gasteiger partial charge is 0.329 e. The van der Waals surface area contributed by atoms with Gasteiger partial charge in [0.1, 0.15) is 0 Å². The quantitative estimate of drug-likeness (QED) is 0.610. The molecular weight excluding hydrogens is 366 g/mol. The topological polar surface area (TPSA) is 88.1 Å². The van der Waals surface area contributed by atoms with Crippen molar-refractivity contribution < 1.29 is 9.59 Å². The summed E-state index contributed by atoms with van der Waals surface area (Å²) in [6, 6.07) is 15.5. The van der Waals surface area contributed by atoms with E-state index in [0.29, 0.717) is 22.9 Å². The Morgan fingerprint density at radius 1 is 1.00 bits per heavy atom. The normalized spacial score (nSPS) is 10.3. The van der Waals surface area contributed by atoms with Gasteiger partial charge in [-0.2, -0.15) is 5.10 Å². The summed E-state index contributed by atoms with van der Waals surface area (Å²) in [4.78, 5) is 23.9. The van der Waals surface area contributed by atoms with E-state index in [-0.39, 0.29) is 12.5 Å². The molecule has 3 rings (SSSR count). The Morgan fingerprint density at radius 2 is 1.81 bits per heavy atom. The molecule has 0 aliphatic rings. The number of nitrogens with one attached hydrogen (secondary N) is 3. The first-order chi connectivity index (χ1) is 13.1. The summed E-state index contributed by atoms with van der Waals surface area (Å²) in [5.41, 5.74) is 2.24. The zero-order valence-electron chi connectivity index (χ0n) is 14.4. The molecule has 0 saturated heterocycles. The third-order valence-electron chi connectivity index (χ3n) is 3.63. The van der Waals surface area contributed by atoms with Gasteiger partial charge in [0.15, 0.2) is 0 Å². The first-order valence-corrected chi connectivity index (χ1v) is 8.63. The second kappa shape index (κ2) is 8.86. The van der Waals surface area contributed by atoms with Gasteiger partial charge in [-0.15, -0.1) is 0 Å². The van der Waals surface area contributed by atoms with Crippen LogP contribution in [0.2, 0.25) is 5.02 Å². The molecule has 1 heterocycles. The number of nitrogens with zero attached hydrogens (tertiary/aromatic N) is 2. The minimum atomic E-state index is -0.461. The zero-order valence-corrected chi connectivity index (χ0v) is 15.1. The van der Waals surface area contributed by atoms with Crippen molar-refractivity contribution in [1.29, 1.82) is 0 Å². The minimum absolute atomic E-state index is 0.151. The molecular formula is C19H18ClN5O2. The van der Waals surface area contributed by atoms with Gasteiger partial charge in [0.2, 0.25) is 5.91 Å². The summed E-state index contributed by atoms with van der Waals surface area (Å²) in [6.07, 6.45) is 3.58. The Hall–Kier alpha value is -3.32. The van der Waals surface area contributed by atoms with Crippen molar-refractivity contribution in [3.8, 4) is 0 Å². The summed E-state index contributed by atoms with van der Waals surface area (Å²) in [5.74, 6) is -0.333. The van der Waals surface area contributed by atoms with E-state index in [9.17, 15) is 9.59 Å². The highest BCUT2D eigenvalue weighted by atomic mass is 35.5. The summed E-state index contributed by atoms with van der Waals surface area (Å²) >= 11 is 5.80. The van der Waals surface area contributed by atoms with E-state index in [2.05, 4.69) is 21.0 Å². The molecule has 3 amide bonds. The third-order valence-corrected chi connectivity index (χ3v) is 3.88. The van der Waals surface area contributed by atoms with Crippen LogP contribution in [0.15, 0.2) is 67.0 Å². The van der Waals surface area contributed by atoms with Crippen molar-refractivity contribution in [3.05, 3.63) is 77.6 Å². The fraction of sp³-hybridized carbons (Fsp3) is 0.105. The molecule has 3 N–H and O–H groups in total. The Balaban J connectivity index is 1.47. The highest BCUT2D eigenvalue weighted by molar-refractivity contribution is 6.30. The van der Waals surface area contributed by atoms with Crippen LogP contribution in [0.25, 0.3) is 0 Å². The molecule has 3 aromatic rings. The van der Waals surface area contributed by atoms with E-state index >= 15 is 0 Å². The average molecular weight is 384 g/mol. The molecule has 0 aliphatic heterocycles. The predicted octanol–water partition coefficient (Wildman–Crippen LogP) is 3.35. The number of aromatic nitrogens is 2. The Labute approximate surface area is 161 Å². The van der Waals surface area contributed by atoms with Gasteiger partial charge < -0.3 is 16.0 Å². The molecule has 0 aliphatic carbocycles. The SMILES string of the molecule is O=C(CNC(=O)Nc1cccc(Cn2cccn2)c1)Nc1ccc(Cl)cc1. The molecule has 0 unspecified atom stereocenters. The second-order valence-electron chi connectivity index (χ2n) is 5.77. The van der Waals surface area contributed by atoms with Gasteiger partial charge in [-0.3, -0.25) is 9.48 Å². The van der Waals surface area contributed by atoms with Crippen LogP contribution in [0.5, 0.6) is 0 Å². The first kappa shape index (κ1) is 18.5. The van der Waals surface area contributed by atoms with Crippen molar-refractivity contribution in [2.24, 2.45) is 0 Å². The molecule has 138 valence electrons. The molecule has 0 bridgehead atoms. The number of carbonyl (C=O) groups is 2. The lowest BCUT2D eigenvalue weighted by Crippen LogP contribution is -2.35. The van der Waals surface area contributed by atoms with Gasteiger partial charge in [0.25, 0.3) is 0 Å². The standard InChI is InChI=1S/C19H18ClN5O2/c20-15-5-7-16(8-6-15)23-18(26)12-21-19(27)24-17-4-1-3-14(11-17)13-25-10-2-9-22-25/h1-11H,12-13H2,(H,23,26)(H2,21,24,27). The summed E-state index contributed by atoms with van der Waals surface area (Å²) < 4.78 is 1.79. The highest BCUT2D eigenvalue weighted by Crippen LogP contribution is 2.13. The van der Waals surface area contributed by atoms with Crippen molar-refractivity contribution in [3.63, 3.8) is 0 Å². The summed E-state index contributed by atoms with van der Waals surface area (Å²) in [5, 5.41) is 12.6. The van der Waals surface area contributed by atoms with E-state index < -0.39 is 6.03 Å². The molecule has 0 saturated carbocycles. The van der Waals surface area contributed by atoms with Gasteiger partial charge in [0, 0.05) is 28.8 Å². The van der Waals surface area contributed by atoms with E-state index in [1.807, 2.05) is 30.5 Å². The van der Waals surface area contributed by atoms with E-state index in [0.717, 1.165) is 5.56 Å². The van der Waals surface area contributed by atoms with Crippen molar-refractivity contribution in [1.82, 2.24) is 15.1 Å². The molecule has 0 fully saturated rings. The molecule has 0 radical (unpaired) electrons. The van der Waals surface area contributed by atoms with Gasteiger partial charge in [-0.25, -0.2) is 4.79 Å². The van der Waals surface area contributed by atoms with Crippen LogP contribution in [-0.2, 0) is 11.3 Å².